The summed E-state index contributed by atoms with van der Waals surface area (Å²) in [7, 11) is -1.57. The quantitative estimate of drug-likeness (QED) is 0.808. The monoisotopic (exact) mass is 300 g/mol. The average molecular weight is 301 g/mol. The topological polar surface area (TPSA) is 58.9 Å². The molecule has 0 aromatic heterocycles. The molecule has 0 aliphatic rings. The van der Waals surface area contributed by atoms with E-state index >= 15 is 0 Å². The van der Waals surface area contributed by atoms with Gasteiger partial charge in [0.2, 0.25) is 0 Å². The highest BCUT2D eigenvalue weighted by molar-refractivity contribution is 6.79. The fourth-order valence-electron chi connectivity index (χ4n) is 1.20. The van der Waals surface area contributed by atoms with Crippen LogP contribution in [0.15, 0.2) is 42.6 Å². The van der Waals surface area contributed by atoms with E-state index < -0.39 is 17.1 Å². The highest BCUT2D eigenvalue weighted by Crippen LogP contribution is 2.04. The maximum absolute atomic E-state index is 8.71. The van der Waals surface area contributed by atoms with Crippen LogP contribution in [0.3, 0.4) is 0 Å². The molecule has 0 bridgehead atoms. The van der Waals surface area contributed by atoms with Crippen LogP contribution in [-0.4, -0.2) is 40.9 Å². The van der Waals surface area contributed by atoms with Crippen LogP contribution in [0.5, 0.6) is 0 Å². The molecule has 6 heteroatoms. The molecule has 0 spiro atoms. The molecule has 1 aromatic rings. The van der Waals surface area contributed by atoms with Crippen molar-refractivity contribution in [3.05, 3.63) is 42.6 Å². The van der Waals surface area contributed by atoms with Gasteiger partial charge in [0, 0.05) is 14.2 Å². The van der Waals surface area contributed by atoms with Gasteiger partial charge in [-0.05, 0) is 23.5 Å². The third kappa shape index (κ3) is 6.28. The van der Waals surface area contributed by atoms with Crippen LogP contribution in [0.25, 0.3) is 0 Å². The zero-order chi connectivity index (χ0) is 14.9. The summed E-state index contributed by atoms with van der Waals surface area (Å²) in [5.74, 6) is 0. The molecule has 4 nitrogen and oxygen atoms in total. The summed E-state index contributed by atoms with van der Waals surface area (Å²) in [6, 6.07) is 10.5. The summed E-state index contributed by atoms with van der Waals surface area (Å²) in [4.78, 5) is 17.4. The van der Waals surface area contributed by atoms with Crippen LogP contribution in [0.4, 0.5) is 0 Å². The van der Waals surface area contributed by atoms with Crippen LogP contribution < -0.4 is 5.19 Å². The Bertz CT molecular complexity index is 364. The van der Waals surface area contributed by atoms with E-state index in [1.807, 2.05) is 36.9 Å². The fraction of sp³-hybridized carbons (Fsp3) is 0.385. The molecule has 0 saturated carbocycles. The van der Waals surface area contributed by atoms with Gasteiger partial charge < -0.3 is 18.4 Å². The summed E-state index contributed by atoms with van der Waals surface area (Å²) < 4.78 is 10.8. The predicted octanol–water partition coefficient (Wildman–Crippen LogP) is 1.42. The first kappa shape index (κ1) is 18.2. The Labute approximate surface area is 117 Å². The Morgan fingerprint density at radius 3 is 1.89 bits per heavy atom. The summed E-state index contributed by atoms with van der Waals surface area (Å²) >= 11 is 0. The van der Waals surface area contributed by atoms with Crippen LogP contribution in [-0.2, 0) is 8.85 Å². The van der Waals surface area contributed by atoms with Crippen molar-refractivity contribution in [1.29, 1.82) is 0 Å². The fourth-order valence-corrected chi connectivity index (χ4v) is 2.93. The van der Waals surface area contributed by atoms with E-state index in [0.29, 0.717) is 6.04 Å². The van der Waals surface area contributed by atoms with Crippen molar-refractivity contribution in [3.8, 4) is 0 Å². The lowest BCUT2D eigenvalue weighted by molar-refractivity contribution is 0.265. The summed E-state index contributed by atoms with van der Waals surface area (Å²) in [5.41, 5.74) is 1.24. The molecule has 0 aliphatic heterocycles. The molecule has 0 amide bonds. The normalized spacial score (nSPS) is 11.5. The SMILES string of the molecule is C=C[Si](O)(O)CC.CO[Si](C)(OC)c1ccccc1. The van der Waals surface area contributed by atoms with Gasteiger partial charge in [0.05, 0.1) is 0 Å². The van der Waals surface area contributed by atoms with Gasteiger partial charge >= 0.3 is 17.1 Å². The minimum atomic E-state index is -2.89. The van der Waals surface area contributed by atoms with Gasteiger partial charge in [-0.25, -0.2) is 0 Å². The van der Waals surface area contributed by atoms with Crippen molar-refractivity contribution in [2.75, 3.05) is 14.2 Å². The van der Waals surface area contributed by atoms with E-state index in [9.17, 15) is 0 Å². The third-order valence-corrected chi connectivity index (χ3v) is 7.56. The molecule has 19 heavy (non-hydrogen) atoms. The minimum Gasteiger partial charge on any atom is -0.408 e. The van der Waals surface area contributed by atoms with Crippen molar-refractivity contribution in [3.63, 3.8) is 0 Å². The van der Waals surface area contributed by atoms with Crippen LogP contribution in [0.1, 0.15) is 6.92 Å². The van der Waals surface area contributed by atoms with Gasteiger partial charge in [-0.3, -0.25) is 0 Å². The first-order chi connectivity index (χ1) is 8.85. The van der Waals surface area contributed by atoms with Crippen molar-refractivity contribution in [2.45, 2.75) is 19.5 Å². The van der Waals surface area contributed by atoms with Gasteiger partial charge in [0.15, 0.2) is 0 Å². The smallest absolute Gasteiger partial charge is 0.368 e. The van der Waals surface area contributed by atoms with Gasteiger partial charge in [0.1, 0.15) is 0 Å². The van der Waals surface area contributed by atoms with E-state index in [1.165, 1.54) is 5.70 Å². The van der Waals surface area contributed by atoms with Crippen molar-refractivity contribution in [1.82, 2.24) is 0 Å². The Morgan fingerprint density at radius 2 is 1.63 bits per heavy atom. The molecular weight excluding hydrogens is 276 g/mol. The van der Waals surface area contributed by atoms with E-state index in [1.54, 1.807) is 21.1 Å². The van der Waals surface area contributed by atoms with E-state index in [2.05, 4.69) is 6.58 Å². The van der Waals surface area contributed by atoms with Crippen molar-refractivity contribution >= 4 is 22.3 Å². The Balaban J connectivity index is 0.000000399. The number of benzene rings is 1. The lowest BCUT2D eigenvalue weighted by Gasteiger charge is -2.22. The second-order valence-corrected chi connectivity index (χ2v) is 10.3. The van der Waals surface area contributed by atoms with Gasteiger partial charge in [0.25, 0.3) is 0 Å². The second kappa shape index (κ2) is 8.41. The molecule has 0 unspecified atom stereocenters. The zero-order valence-electron chi connectivity index (χ0n) is 12.1. The Hall–Kier alpha value is -0.766. The zero-order valence-corrected chi connectivity index (χ0v) is 14.1. The summed E-state index contributed by atoms with van der Waals surface area (Å²) in [6.07, 6.45) is 0. The predicted molar refractivity (Wildman–Crippen MR) is 82.6 cm³/mol. The number of hydrogen-bond donors (Lipinski definition) is 2. The minimum absolute atomic E-state index is 0.427. The van der Waals surface area contributed by atoms with E-state index in [-0.39, 0.29) is 0 Å². The maximum Gasteiger partial charge on any atom is 0.368 e. The van der Waals surface area contributed by atoms with Crippen LogP contribution in [0, 0.1) is 0 Å². The van der Waals surface area contributed by atoms with Crippen LogP contribution in [0.2, 0.25) is 12.6 Å². The largest absolute Gasteiger partial charge is 0.408 e. The first-order valence-electron chi connectivity index (χ1n) is 6.09. The average Bonchev–Trinajstić information content (AvgIpc) is 2.48. The molecule has 0 saturated heterocycles. The second-order valence-electron chi connectivity index (χ2n) is 4.16. The van der Waals surface area contributed by atoms with Crippen molar-refractivity contribution < 1.29 is 18.4 Å². The van der Waals surface area contributed by atoms with E-state index in [4.69, 9.17) is 18.4 Å². The summed E-state index contributed by atoms with van der Waals surface area (Å²) in [5, 5.41) is 1.16. The highest BCUT2D eigenvalue weighted by Gasteiger charge is 2.30. The molecule has 0 radical (unpaired) electrons. The molecule has 0 fully saturated rings. The van der Waals surface area contributed by atoms with Gasteiger partial charge in [-0.2, -0.15) is 0 Å². The van der Waals surface area contributed by atoms with E-state index in [0.717, 1.165) is 5.19 Å². The van der Waals surface area contributed by atoms with Gasteiger partial charge in [-0.15, -0.1) is 6.58 Å². The first-order valence-corrected chi connectivity index (χ1v) is 10.6. The number of hydrogen-bond acceptors (Lipinski definition) is 4. The molecule has 108 valence electrons. The highest BCUT2D eigenvalue weighted by atomic mass is 28.4. The molecule has 0 aliphatic carbocycles. The molecule has 1 rings (SSSR count). The Morgan fingerprint density at radius 1 is 1.16 bits per heavy atom. The van der Waals surface area contributed by atoms with Gasteiger partial charge in [-0.1, -0.05) is 37.3 Å². The molecule has 0 heterocycles. The van der Waals surface area contributed by atoms with Crippen molar-refractivity contribution in [2.24, 2.45) is 0 Å². The molecular formula is C13H24O4Si2. The molecule has 2 N–H and O–H groups in total. The molecule has 1 aromatic carbocycles. The third-order valence-electron chi connectivity index (χ3n) is 2.92. The summed E-state index contributed by atoms with van der Waals surface area (Å²) in [6.45, 7) is 7.03. The maximum atomic E-state index is 8.71. The molecule has 0 atom stereocenters. The number of rotatable bonds is 5. The lowest BCUT2D eigenvalue weighted by atomic mass is 10.4. The standard InChI is InChI=1S/C9H14O2Si.C4H10O2Si/c1-10-12(3,11-2)9-7-5-4-6-8-9;1-3-7(5,6)4-2/h4-8H,1-3H3;3,5-6H,1,4H2,2H3. The van der Waals surface area contributed by atoms with Crippen LogP contribution >= 0.6 is 0 Å². The lowest BCUT2D eigenvalue weighted by Crippen LogP contribution is -2.49. The Kier molecular flexibility index (Phi) is 8.07.